The number of alkyl halides is 1. The van der Waals surface area contributed by atoms with E-state index in [-0.39, 0.29) is 29.5 Å². The summed E-state index contributed by atoms with van der Waals surface area (Å²) >= 11 is 0. The van der Waals surface area contributed by atoms with Crippen LogP contribution in [0.3, 0.4) is 0 Å². The second kappa shape index (κ2) is 8.13. The molecule has 1 aliphatic rings. The Morgan fingerprint density at radius 2 is 2.03 bits per heavy atom. The molecular weight excluding hydrogens is 408 g/mol. The van der Waals surface area contributed by atoms with Gasteiger partial charge in [0.05, 0.1) is 12.9 Å². The van der Waals surface area contributed by atoms with E-state index < -0.39 is 37.9 Å². The molecule has 0 radical (unpaired) electrons. The zero-order valence-corrected chi connectivity index (χ0v) is 17.1. The summed E-state index contributed by atoms with van der Waals surface area (Å²) in [6, 6.07) is 0. The highest BCUT2D eigenvalue weighted by Gasteiger charge is 2.49. The van der Waals surface area contributed by atoms with Crippen molar-refractivity contribution in [2.24, 2.45) is 0 Å². The molecule has 1 unspecified atom stereocenters. The fourth-order valence-corrected chi connectivity index (χ4v) is 3.43. The van der Waals surface area contributed by atoms with E-state index in [1.165, 1.54) is 37.5 Å². The van der Waals surface area contributed by atoms with Gasteiger partial charge in [0.15, 0.2) is 42.9 Å². The fourth-order valence-electron chi connectivity index (χ4n) is 2.92. The summed E-state index contributed by atoms with van der Waals surface area (Å²) in [4.78, 5) is 35.1. The molecule has 11 nitrogen and oxygen atoms in total. The van der Waals surface area contributed by atoms with Gasteiger partial charge in [0.2, 0.25) is 5.91 Å². The smallest absolute Gasteiger partial charge is 0.303 e. The Kier molecular flexibility index (Phi) is 5.97. The van der Waals surface area contributed by atoms with Crippen LogP contribution in [0.25, 0.3) is 11.2 Å². The number of nitrogens with one attached hydrogen (secondary N) is 1. The Morgan fingerprint density at radius 1 is 1.31 bits per heavy atom. The molecule has 1 amide bonds. The predicted molar refractivity (Wildman–Crippen MR) is 99.4 cm³/mol. The zero-order valence-electron chi connectivity index (χ0n) is 16.2. The normalized spacial score (nSPS) is 24.6. The Bertz CT molecular complexity index is 978. The van der Waals surface area contributed by atoms with E-state index in [0.717, 1.165) is 6.92 Å². The molecule has 0 aliphatic carbocycles. The molecular formula is C16H21FN5O6P. The summed E-state index contributed by atoms with van der Waals surface area (Å²) in [5, 5.41) is 2.53. The Morgan fingerprint density at radius 3 is 2.66 bits per heavy atom. The fraction of sp³-hybridized carbons (Fsp3) is 0.562. The number of ether oxygens (including phenoxy) is 2. The van der Waals surface area contributed by atoms with Crippen molar-refractivity contribution in [2.45, 2.75) is 38.5 Å². The van der Waals surface area contributed by atoms with Crippen molar-refractivity contribution < 1.29 is 32.5 Å². The molecule has 1 fully saturated rings. The summed E-state index contributed by atoms with van der Waals surface area (Å²) in [7, 11) is -2.87. The van der Waals surface area contributed by atoms with Gasteiger partial charge in [-0.2, -0.15) is 0 Å². The largest absolute Gasteiger partial charge is 0.454 e. The molecule has 0 saturated carbocycles. The van der Waals surface area contributed by atoms with Gasteiger partial charge in [0.1, 0.15) is 12.4 Å². The highest BCUT2D eigenvalue weighted by Crippen LogP contribution is 2.41. The maximum absolute atomic E-state index is 15.0. The number of halogens is 1. The summed E-state index contributed by atoms with van der Waals surface area (Å²) < 4.78 is 44.2. The first-order valence-corrected chi connectivity index (χ1v) is 11.2. The number of hydrogen-bond acceptors (Lipinski definition) is 9. The van der Waals surface area contributed by atoms with Crippen LogP contribution >= 0.6 is 7.37 Å². The van der Waals surface area contributed by atoms with Crippen LogP contribution in [-0.2, 0) is 28.2 Å². The van der Waals surface area contributed by atoms with E-state index in [1.54, 1.807) is 0 Å². The SMILES string of the molecule is CC(=O)Nc1ncnc2c1ncn2[C@@H]1O[C@H](COP(C)(C)=O)[C@H](F)C1OC(C)=O. The number of nitrogens with zero attached hydrogens (tertiary/aromatic N) is 4. The second-order valence-corrected chi connectivity index (χ2v) is 9.62. The molecule has 3 rings (SSSR count). The summed E-state index contributed by atoms with van der Waals surface area (Å²) in [5.74, 6) is -0.862. The third-order valence-corrected chi connectivity index (χ3v) is 4.81. The molecule has 4 atom stereocenters. The number of fused-ring (bicyclic) bond motifs is 1. The van der Waals surface area contributed by atoms with E-state index >= 15 is 0 Å². The van der Waals surface area contributed by atoms with Crippen molar-refractivity contribution in [3.05, 3.63) is 12.7 Å². The van der Waals surface area contributed by atoms with Gasteiger partial charge in [-0.05, 0) is 0 Å². The van der Waals surface area contributed by atoms with Gasteiger partial charge in [-0.3, -0.25) is 18.7 Å². The first kappa shape index (κ1) is 21.3. The third-order valence-electron chi connectivity index (χ3n) is 4.04. The molecule has 2 aromatic heterocycles. The molecule has 1 saturated heterocycles. The minimum absolute atomic E-state index is 0.179. The number of carbonyl (C=O) groups is 2. The molecule has 13 heteroatoms. The Labute approximate surface area is 165 Å². The Hall–Kier alpha value is -2.43. The van der Waals surface area contributed by atoms with Crippen LogP contribution in [0.2, 0.25) is 0 Å². The van der Waals surface area contributed by atoms with Crippen molar-refractivity contribution in [1.82, 2.24) is 19.5 Å². The maximum Gasteiger partial charge on any atom is 0.303 e. The topological polar surface area (TPSA) is 135 Å². The van der Waals surface area contributed by atoms with Gasteiger partial charge in [0.25, 0.3) is 0 Å². The van der Waals surface area contributed by atoms with E-state index in [1.807, 2.05) is 0 Å². The lowest BCUT2D eigenvalue weighted by Crippen LogP contribution is -2.33. The molecule has 1 N–H and O–H groups in total. The number of hydrogen-bond donors (Lipinski definition) is 1. The molecule has 0 spiro atoms. The van der Waals surface area contributed by atoms with E-state index in [4.69, 9.17) is 14.0 Å². The number of aromatic nitrogens is 4. The number of imidazole rings is 1. The minimum Gasteiger partial charge on any atom is -0.454 e. The third kappa shape index (κ3) is 4.77. The average Bonchev–Trinajstić information content (AvgIpc) is 3.15. The number of amides is 1. The predicted octanol–water partition coefficient (Wildman–Crippen LogP) is 1.51. The van der Waals surface area contributed by atoms with Crippen LogP contribution in [0.15, 0.2) is 12.7 Å². The van der Waals surface area contributed by atoms with Crippen molar-refractivity contribution in [2.75, 3.05) is 25.3 Å². The molecule has 3 heterocycles. The first-order valence-electron chi connectivity index (χ1n) is 8.68. The van der Waals surface area contributed by atoms with Crippen LogP contribution in [0, 0.1) is 0 Å². The number of anilines is 1. The van der Waals surface area contributed by atoms with E-state index in [0.29, 0.717) is 0 Å². The van der Waals surface area contributed by atoms with Crippen molar-refractivity contribution in [1.29, 1.82) is 0 Å². The van der Waals surface area contributed by atoms with Crippen molar-refractivity contribution in [3.8, 4) is 0 Å². The highest BCUT2D eigenvalue weighted by molar-refractivity contribution is 7.57. The highest BCUT2D eigenvalue weighted by atomic mass is 31.2. The number of carbonyl (C=O) groups excluding carboxylic acids is 2. The minimum atomic E-state index is -2.87. The van der Waals surface area contributed by atoms with Crippen LogP contribution in [0.5, 0.6) is 0 Å². The zero-order chi connectivity index (χ0) is 21.3. The van der Waals surface area contributed by atoms with Crippen LogP contribution < -0.4 is 5.32 Å². The first-order chi connectivity index (χ1) is 13.6. The van der Waals surface area contributed by atoms with Gasteiger partial charge >= 0.3 is 5.97 Å². The van der Waals surface area contributed by atoms with Gasteiger partial charge in [-0.1, -0.05) is 0 Å². The Balaban J connectivity index is 1.95. The monoisotopic (exact) mass is 429 g/mol. The molecule has 29 heavy (non-hydrogen) atoms. The van der Waals surface area contributed by atoms with Crippen molar-refractivity contribution >= 4 is 36.2 Å². The van der Waals surface area contributed by atoms with Gasteiger partial charge in [-0.15, -0.1) is 0 Å². The van der Waals surface area contributed by atoms with Crippen LogP contribution in [0.4, 0.5) is 10.2 Å². The molecule has 2 aromatic rings. The lowest BCUT2D eigenvalue weighted by molar-refractivity contribution is -0.154. The van der Waals surface area contributed by atoms with Gasteiger partial charge < -0.3 is 19.3 Å². The summed E-state index contributed by atoms with van der Waals surface area (Å²) in [6.45, 7) is 5.00. The van der Waals surface area contributed by atoms with E-state index in [9.17, 15) is 18.5 Å². The summed E-state index contributed by atoms with van der Waals surface area (Å²) in [5.41, 5.74) is 0.505. The molecule has 158 valence electrons. The van der Waals surface area contributed by atoms with Gasteiger partial charge in [0, 0.05) is 27.2 Å². The summed E-state index contributed by atoms with van der Waals surface area (Å²) in [6.07, 6.45) is -2.71. The number of rotatable bonds is 6. The lowest BCUT2D eigenvalue weighted by Gasteiger charge is -2.20. The van der Waals surface area contributed by atoms with Crippen LogP contribution in [0.1, 0.15) is 20.1 Å². The molecule has 0 aromatic carbocycles. The lowest BCUT2D eigenvalue weighted by atomic mass is 10.1. The standard InChI is InChI=1S/C16H21FN5O6P/c1-8(23)21-14-12-15(19-6-18-14)22(7-20-12)16-13(27-9(2)24)11(17)10(28-16)5-26-29(3,4)25/h6-7,10-11,13,16H,5H2,1-4H3,(H,18,19,21,23)/t10-,11+,13?,16-/m1/s1. The van der Waals surface area contributed by atoms with Crippen molar-refractivity contribution in [3.63, 3.8) is 0 Å². The maximum atomic E-state index is 15.0. The molecule has 1 aliphatic heterocycles. The van der Waals surface area contributed by atoms with E-state index in [2.05, 4.69) is 20.3 Å². The quantitative estimate of drug-likeness (QED) is 0.535. The molecule has 0 bridgehead atoms. The van der Waals surface area contributed by atoms with Gasteiger partial charge in [-0.25, -0.2) is 19.3 Å². The average molecular weight is 429 g/mol. The second-order valence-electron chi connectivity index (χ2n) is 6.86. The van der Waals surface area contributed by atoms with Crippen LogP contribution in [-0.4, -0.2) is 69.7 Å². The number of esters is 1.